The molecule has 0 bridgehead atoms. The number of hydrogen-bond acceptors (Lipinski definition) is 3. The number of nitrogens with one attached hydrogen (secondary N) is 2. The van der Waals surface area contributed by atoms with Crippen molar-refractivity contribution < 1.29 is 9.53 Å². The topological polar surface area (TPSA) is 50.4 Å². The molecule has 0 atom stereocenters. The highest BCUT2D eigenvalue weighted by molar-refractivity contribution is 6.43. The van der Waals surface area contributed by atoms with Gasteiger partial charge in [-0.3, -0.25) is 4.79 Å². The lowest BCUT2D eigenvalue weighted by Gasteiger charge is -2.11. The van der Waals surface area contributed by atoms with Gasteiger partial charge < -0.3 is 15.4 Å². The molecule has 0 saturated carbocycles. The van der Waals surface area contributed by atoms with Crippen molar-refractivity contribution in [3.8, 4) is 5.75 Å². The number of amides is 1. The van der Waals surface area contributed by atoms with Crippen LogP contribution in [0.5, 0.6) is 5.75 Å². The van der Waals surface area contributed by atoms with Gasteiger partial charge >= 0.3 is 0 Å². The fourth-order valence-electron chi connectivity index (χ4n) is 2.10. The van der Waals surface area contributed by atoms with Crippen LogP contribution < -0.4 is 15.4 Å². The van der Waals surface area contributed by atoms with Gasteiger partial charge in [-0.15, -0.1) is 0 Å². The molecule has 2 aromatic carbocycles. The van der Waals surface area contributed by atoms with Gasteiger partial charge in [0.1, 0.15) is 5.75 Å². The minimum atomic E-state index is -0.185. The van der Waals surface area contributed by atoms with Crippen molar-refractivity contribution in [3.05, 3.63) is 52.5 Å². The van der Waals surface area contributed by atoms with E-state index in [9.17, 15) is 4.79 Å². The fraction of sp³-hybridized carbons (Fsp3) is 0.316. The lowest BCUT2D eigenvalue weighted by molar-refractivity contribution is -0.114. The molecule has 134 valence electrons. The summed E-state index contributed by atoms with van der Waals surface area (Å²) in [6.45, 7) is 5.04. The second-order valence-electron chi connectivity index (χ2n) is 6.06. The molecule has 6 heteroatoms. The van der Waals surface area contributed by atoms with E-state index >= 15 is 0 Å². The van der Waals surface area contributed by atoms with Crippen LogP contribution in [0.25, 0.3) is 0 Å². The third-order valence-electron chi connectivity index (χ3n) is 3.47. The van der Waals surface area contributed by atoms with Crippen LogP contribution in [-0.2, 0) is 4.79 Å². The van der Waals surface area contributed by atoms with Gasteiger partial charge in [0, 0.05) is 11.8 Å². The maximum atomic E-state index is 12.1. The summed E-state index contributed by atoms with van der Waals surface area (Å²) < 4.78 is 5.70. The van der Waals surface area contributed by atoms with Crippen LogP contribution in [0.1, 0.15) is 20.3 Å². The summed E-state index contributed by atoms with van der Waals surface area (Å²) in [5.74, 6) is 1.15. The Labute approximate surface area is 158 Å². The SMILES string of the molecule is CC(C)CCOc1cccc(NC(=O)CNc2cccc(Cl)c2Cl)c1. The van der Waals surface area contributed by atoms with Crippen molar-refractivity contribution >= 4 is 40.5 Å². The minimum absolute atomic E-state index is 0.0818. The highest BCUT2D eigenvalue weighted by Gasteiger charge is 2.07. The Hall–Kier alpha value is -1.91. The molecule has 0 radical (unpaired) electrons. The lowest BCUT2D eigenvalue weighted by Crippen LogP contribution is -2.21. The molecule has 0 aliphatic heterocycles. The van der Waals surface area contributed by atoms with Gasteiger partial charge in [0.25, 0.3) is 0 Å². The van der Waals surface area contributed by atoms with Crippen LogP contribution in [0, 0.1) is 5.92 Å². The number of carbonyl (C=O) groups is 1. The van der Waals surface area contributed by atoms with Crippen LogP contribution in [0.15, 0.2) is 42.5 Å². The van der Waals surface area contributed by atoms with E-state index in [1.54, 1.807) is 18.2 Å². The van der Waals surface area contributed by atoms with Crippen molar-refractivity contribution in [2.45, 2.75) is 20.3 Å². The molecule has 2 N–H and O–H groups in total. The summed E-state index contributed by atoms with van der Waals surface area (Å²) in [7, 11) is 0. The smallest absolute Gasteiger partial charge is 0.243 e. The summed E-state index contributed by atoms with van der Waals surface area (Å²) in [6.07, 6.45) is 0.987. The van der Waals surface area contributed by atoms with Crippen molar-refractivity contribution in [3.63, 3.8) is 0 Å². The highest BCUT2D eigenvalue weighted by atomic mass is 35.5. The molecule has 0 spiro atoms. The minimum Gasteiger partial charge on any atom is -0.494 e. The molecule has 2 rings (SSSR count). The number of hydrogen-bond donors (Lipinski definition) is 2. The van der Waals surface area contributed by atoms with Gasteiger partial charge in [-0.05, 0) is 36.6 Å². The number of benzene rings is 2. The molecular weight excluding hydrogens is 359 g/mol. The zero-order valence-electron chi connectivity index (χ0n) is 14.3. The van der Waals surface area contributed by atoms with E-state index in [0.29, 0.717) is 33.9 Å². The quantitative estimate of drug-likeness (QED) is 0.638. The summed E-state index contributed by atoms with van der Waals surface area (Å²) in [5, 5.41) is 6.65. The van der Waals surface area contributed by atoms with Crippen molar-refractivity contribution in [2.24, 2.45) is 5.92 Å². The van der Waals surface area contributed by atoms with Crippen molar-refractivity contribution in [1.82, 2.24) is 0 Å². The second-order valence-corrected chi connectivity index (χ2v) is 6.85. The first-order chi connectivity index (χ1) is 12.0. The third-order valence-corrected chi connectivity index (χ3v) is 4.29. The maximum Gasteiger partial charge on any atom is 0.243 e. The Bertz CT molecular complexity index is 720. The normalized spacial score (nSPS) is 10.6. The molecular formula is C19H22Cl2N2O2. The van der Waals surface area contributed by atoms with Gasteiger partial charge in [-0.2, -0.15) is 0 Å². The Kier molecular flexibility index (Phi) is 7.41. The first-order valence-corrected chi connectivity index (χ1v) is 8.92. The second kappa shape index (κ2) is 9.54. The number of anilines is 2. The van der Waals surface area contributed by atoms with Gasteiger partial charge in [0.15, 0.2) is 0 Å². The van der Waals surface area contributed by atoms with Crippen LogP contribution in [0.4, 0.5) is 11.4 Å². The van der Waals surface area contributed by atoms with Crippen molar-refractivity contribution in [1.29, 1.82) is 0 Å². The zero-order chi connectivity index (χ0) is 18.2. The van der Waals surface area contributed by atoms with Crippen LogP contribution in [0.3, 0.4) is 0 Å². The van der Waals surface area contributed by atoms with Gasteiger partial charge in [-0.1, -0.05) is 49.2 Å². The average Bonchev–Trinajstić information content (AvgIpc) is 2.56. The Morgan fingerprint density at radius 2 is 1.92 bits per heavy atom. The predicted molar refractivity (Wildman–Crippen MR) is 105 cm³/mol. The average molecular weight is 381 g/mol. The lowest BCUT2D eigenvalue weighted by atomic mass is 10.1. The third kappa shape index (κ3) is 6.48. The van der Waals surface area contributed by atoms with Gasteiger partial charge in [0.2, 0.25) is 5.91 Å². The largest absolute Gasteiger partial charge is 0.494 e. The molecule has 0 aromatic heterocycles. The van der Waals surface area contributed by atoms with Crippen LogP contribution >= 0.6 is 23.2 Å². The van der Waals surface area contributed by atoms with Crippen LogP contribution in [-0.4, -0.2) is 19.1 Å². The molecule has 4 nitrogen and oxygen atoms in total. The van der Waals surface area contributed by atoms with E-state index < -0.39 is 0 Å². The number of halogens is 2. The number of rotatable bonds is 8. The van der Waals surface area contributed by atoms with E-state index in [1.807, 2.05) is 24.3 Å². The van der Waals surface area contributed by atoms with Crippen molar-refractivity contribution in [2.75, 3.05) is 23.8 Å². The van der Waals surface area contributed by atoms with E-state index in [4.69, 9.17) is 27.9 Å². The summed E-state index contributed by atoms with van der Waals surface area (Å²) >= 11 is 12.0. The zero-order valence-corrected chi connectivity index (χ0v) is 15.8. The molecule has 0 heterocycles. The highest BCUT2D eigenvalue weighted by Crippen LogP contribution is 2.29. The first kappa shape index (κ1) is 19.4. The number of carbonyl (C=O) groups excluding carboxylic acids is 1. The Morgan fingerprint density at radius 1 is 1.16 bits per heavy atom. The molecule has 25 heavy (non-hydrogen) atoms. The monoisotopic (exact) mass is 380 g/mol. The van der Waals surface area contributed by atoms with E-state index in [0.717, 1.165) is 12.2 Å². The molecule has 2 aromatic rings. The molecule has 1 amide bonds. The van der Waals surface area contributed by atoms with Gasteiger partial charge in [0.05, 0.1) is 28.9 Å². The predicted octanol–water partition coefficient (Wildman–Crippen LogP) is 5.47. The Balaban J connectivity index is 1.86. The maximum absolute atomic E-state index is 12.1. The Morgan fingerprint density at radius 3 is 2.68 bits per heavy atom. The fourth-order valence-corrected chi connectivity index (χ4v) is 2.46. The molecule has 0 saturated heterocycles. The van der Waals surface area contributed by atoms with E-state index in [2.05, 4.69) is 24.5 Å². The molecule has 0 fully saturated rings. The summed E-state index contributed by atoms with van der Waals surface area (Å²) in [6, 6.07) is 12.6. The summed E-state index contributed by atoms with van der Waals surface area (Å²) in [5.41, 5.74) is 1.31. The van der Waals surface area contributed by atoms with Gasteiger partial charge in [-0.25, -0.2) is 0 Å². The first-order valence-electron chi connectivity index (χ1n) is 8.16. The van der Waals surface area contributed by atoms with E-state index in [1.165, 1.54) is 0 Å². The van der Waals surface area contributed by atoms with Crippen LogP contribution in [0.2, 0.25) is 10.0 Å². The summed E-state index contributed by atoms with van der Waals surface area (Å²) in [4.78, 5) is 12.1. The standard InChI is InChI=1S/C19H22Cl2N2O2/c1-13(2)9-10-25-15-6-3-5-14(11-15)23-18(24)12-22-17-8-4-7-16(20)19(17)21/h3-8,11,13,22H,9-10,12H2,1-2H3,(H,23,24). The molecule has 0 unspecified atom stereocenters. The molecule has 0 aliphatic rings. The number of ether oxygens (including phenoxy) is 1. The van der Waals surface area contributed by atoms with E-state index in [-0.39, 0.29) is 12.5 Å². The molecule has 0 aliphatic carbocycles.